The van der Waals surface area contributed by atoms with Gasteiger partial charge in [-0.05, 0) is 20.8 Å². The maximum Gasteiger partial charge on any atom is 0.441 e. The molecular weight excluding hydrogens is 214 g/mol. The summed E-state index contributed by atoms with van der Waals surface area (Å²) in [5, 5.41) is 0. The molecule has 2 N–H and O–H groups in total. The van der Waals surface area contributed by atoms with Gasteiger partial charge in [0.1, 0.15) is 5.60 Å². The molecule has 0 bridgehead atoms. The van der Waals surface area contributed by atoms with Crippen molar-refractivity contribution >= 4 is 12.1 Å². The quantitative estimate of drug-likeness (QED) is 0.698. The number of nitrogens with one attached hydrogen (secondary N) is 2. The zero-order valence-corrected chi connectivity index (χ0v) is 9.23. The number of amides is 1. The Morgan fingerprint density at radius 2 is 2.12 bits per heavy atom. The van der Waals surface area contributed by atoms with Gasteiger partial charge in [0.25, 0.3) is 0 Å². The molecule has 0 unspecified atom stereocenters. The van der Waals surface area contributed by atoms with Crippen LogP contribution >= 0.6 is 0 Å². The minimum Gasteiger partial charge on any atom is -0.442 e. The van der Waals surface area contributed by atoms with Crippen LogP contribution in [0, 0.1) is 0 Å². The largest absolute Gasteiger partial charge is 0.442 e. The van der Waals surface area contributed by atoms with Crippen molar-refractivity contribution in [3.05, 3.63) is 18.2 Å². The van der Waals surface area contributed by atoms with E-state index in [4.69, 9.17) is 4.74 Å². The van der Waals surface area contributed by atoms with Crippen LogP contribution in [0.2, 0.25) is 0 Å². The molecule has 1 aromatic heterocycles. The van der Waals surface area contributed by atoms with E-state index in [2.05, 4.69) is 14.8 Å². The van der Waals surface area contributed by atoms with Crippen molar-refractivity contribution in [2.45, 2.75) is 26.4 Å². The molecule has 0 radical (unpaired) electrons. The number of hydrogen-bond donors (Lipinski definition) is 2. The molecule has 0 atom stereocenters. The van der Waals surface area contributed by atoms with E-state index in [9.17, 15) is 9.59 Å². The average Bonchev–Trinajstić information content (AvgIpc) is 2.64. The third kappa shape index (κ3) is 3.99. The highest BCUT2D eigenvalue weighted by atomic mass is 16.7. The van der Waals surface area contributed by atoms with E-state index in [0.717, 1.165) is 0 Å². The van der Waals surface area contributed by atoms with Crippen molar-refractivity contribution in [3.63, 3.8) is 0 Å². The molecule has 1 rings (SSSR count). The highest BCUT2D eigenvalue weighted by molar-refractivity contribution is 5.85. The number of H-pyrrole nitrogens is 1. The fourth-order valence-electron chi connectivity index (χ4n) is 0.812. The third-order valence-corrected chi connectivity index (χ3v) is 1.32. The van der Waals surface area contributed by atoms with Gasteiger partial charge in [0.05, 0.1) is 0 Å². The number of hydrogen-bond acceptors (Lipinski definition) is 5. The fourth-order valence-corrected chi connectivity index (χ4v) is 0.812. The van der Waals surface area contributed by atoms with Crippen molar-refractivity contribution in [2.24, 2.45) is 0 Å². The molecule has 0 aliphatic carbocycles. The minimum absolute atomic E-state index is 0.00365. The smallest absolute Gasteiger partial charge is 0.441 e. The normalized spacial score (nSPS) is 10.7. The molecule has 0 aliphatic rings. The Kier molecular flexibility index (Phi) is 3.49. The molecule has 1 heterocycles. The highest BCUT2D eigenvalue weighted by Crippen LogP contribution is 2.06. The van der Waals surface area contributed by atoms with E-state index in [1.165, 1.54) is 12.4 Å². The monoisotopic (exact) mass is 227 g/mol. The first-order valence-corrected chi connectivity index (χ1v) is 4.58. The summed E-state index contributed by atoms with van der Waals surface area (Å²) in [6.45, 7) is 5.09. The molecule has 0 saturated carbocycles. The van der Waals surface area contributed by atoms with Crippen LogP contribution in [-0.4, -0.2) is 27.6 Å². The molecule has 0 aromatic carbocycles. The van der Waals surface area contributed by atoms with Gasteiger partial charge in [-0.25, -0.2) is 14.6 Å². The maximum atomic E-state index is 11.2. The molecule has 1 aromatic rings. The first kappa shape index (κ1) is 12.0. The Morgan fingerprint density at radius 3 is 2.62 bits per heavy atom. The minimum atomic E-state index is -0.840. The number of rotatable bonds is 1. The summed E-state index contributed by atoms with van der Waals surface area (Å²) in [4.78, 5) is 32.9. The number of carbonyl (C=O) groups excluding carboxylic acids is 2. The van der Waals surface area contributed by atoms with Gasteiger partial charge in [0.2, 0.25) is 5.82 Å². The van der Waals surface area contributed by atoms with E-state index in [0.29, 0.717) is 0 Å². The van der Waals surface area contributed by atoms with Gasteiger partial charge in [-0.1, -0.05) is 0 Å². The maximum absolute atomic E-state index is 11.2. The molecule has 0 spiro atoms. The Hall–Kier alpha value is -2.05. The van der Waals surface area contributed by atoms with Crippen molar-refractivity contribution in [2.75, 3.05) is 0 Å². The zero-order chi connectivity index (χ0) is 12.2. The summed E-state index contributed by atoms with van der Waals surface area (Å²) in [6, 6.07) is 0. The Bertz CT molecular complexity index is 367. The number of aromatic amines is 1. The van der Waals surface area contributed by atoms with Crippen molar-refractivity contribution < 1.29 is 19.2 Å². The van der Waals surface area contributed by atoms with Gasteiger partial charge in [-0.3, -0.25) is 0 Å². The molecule has 0 fully saturated rings. The van der Waals surface area contributed by atoms with Crippen LogP contribution < -0.4 is 5.48 Å². The highest BCUT2D eigenvalue weighted by Gasteiger charge is 2.18. The van der Waals surface area contributed by atoms with Crippen LogP contribution in [0.4, 0.5) is 4.79 Å². The second-order valence-corrected chi connectivity index (χ2v) is 3.93. The first-order chi connectivity index (χ1) is 7.38. The van der Waals surface area contributed by atoms with E-state index >= 15 is 0 Å². The predicted molar refractivity (Wildman–Crippen MR) is 53.4 cm³/mol. The summed E-state index contributed by atoms with van der Waals surface area (Å²) >= 11 is 0. The Labute approximate surface area is 92.1 Å². The zero-order valence-electron chi connectivity index (χ0n) is 9.23. The van der Waals surface area contributed by atoms with E-state index in [1.807, 2.05) is 5.48 Å². The van der Waals surface area contributed by atoms with Gasteiger partial charge in [-0.15, -0.1) is 5.48 Å². The predicted octanol–water partition coefficient (Wildman–Crippen LogP) is 1.01. The van der Waals surface area contributed by atoms with Crippen LogP contribution in [-0.2, 0) is 9.57 Å². The van der Waals surface area contributed by atoms with Crippen LogP contribution in [0.1, 0.15) is 31.4 Å². The van der Waals surface area contributed by atoms with E-state index in [-0.39, 0.29) is 5.82 Å². The molecule has 16 heavy (non-hydrogen) atoms. The standard InChI is InChI=1S/C9H13N3O4/c1-9(2,3)15-8(14)12-16-7(13)6-10-4-5-11-6/h4-5H,1-3H3,(H,10,11)(H,12,14). The topological polar surface area (TPSA) is 93.3 Å². The Balaban J connectivity index is 2.35. The van der Waals surface area contributed by atoms with Crippen LogP contribution in [0.25, 0.3) is 0 Å². The molecule has 1 amide bonds. The molecule has 88 valence electrons. The summed E-state index contributed by atoms with van der Waals surface area (Å²) in [6.07, 6.45) is 2.01. The van der Waals surface area contributed by atoms with Gasteiger partial charge in [0, 0.05) is 12.4 Å². The van der Waals surface area contributed by atoms with Crippen molar-refractivity contribution in [1.29, 1.82) is 0 Å². The summed E-state index contributed by atoms with van der Waals surface area (Å²) in [5.74, 6) is -0.799. The van der Waals surface area contributed by atoms with Crippen LogP contribution in [0.15, 0.2) is 12.4 Å². The summed E-state index contributed by atoms with van der Waals surface area (Å²) < 4.78 is 4.85. The lowest BCUT2D eigenvalue weighted by Crippen LogP contribution is -2.34. The number of carbonyl (C=O) groups is 2. The summed E-state index contributed by atoms with van der Waals surface area (Å²) in [5.41, 5.74) is 1.20. The molecule has 0 aliphatic heterocycles. The average molecular weight is 227 g/mol. The molecule has 7 heteroatoms. The lowest BCUT2D eigenvalue weighted by Gasteiger charge is -2.18. The van der Waals surface area contributed by atoms with Crippen molar-refractivity contribution in [1.82, 2.24) is 15.4 Å². The van der Waals surface area contributed by atoms with Crippen molar-refractivity contribution in [3.8, 4) is 0 Å². The van der Waals surface area contributed by atoms with Gasteiger partial charge in [0.15, 0.2) is 0 Å². The van der Waals surface area contributed by atoms with Gasteiger partial charge < -0.3 is 14.6 Å². The third-order valence-electron chi connectivity index (χ3n) is 1.32. The lowest BCUT2D eigenvalue weighted by atomic mass is 10.2. The first-order valence-electron chi connectivity index (χ1n) is 4.58. The molecular formula is C9H13N3O4. The Morgan fingerprint density at radius 1 is 1.44 bits per heavy atom. The number of imidazole rings is 1. The number of ether oxygens (including phenoxy) is 1. The summed E-state index contributed by atoms with van der Waals surface area (Å²) in [7, 11) is 0. The SMILES string of the molecule is CC(C)(C)OC(=O)NOC(=O)c1ncc[nH]1. The van der Waals surface area contributed by atoms with Gasteiger partial charge in [-0.2, -0.15) is 0 Å². The van der Waals surface area contributed by atoms with E-state index in [1.54, 1.807) is 20.8 Å². The molecule has 0 saturated heterocycles. The fraction of sp³-hybridized carbons (Fsp3) is 0.444. The van der Waals surface area contributed by atoms with E-state index < -0.39 is 17.7 Å². The number of aromatic nitrogens is 2. The van der Waals surface area contributed by atoms with Crippen LogP contribution in [0.5, 0.6) is 0 Å². The second kappa shape index (κ2) is 4.65. The van der Waals surface area contributed by atoms with Gasteiger partial charge >= 0.3 is 12.1 Å². The molecule has 7 nitrogen and oxygen atoms in total. The number of hydroxylamine groups is 1. The lowest BCUT2D eigenvalue weighted by molar-refractivity contribution is -0.00199. The van der Waals surface area contributed by atoms with Crippen LogP contribution in [0.3, 0.4) is 0 Å². The number of nitrogens with zero attached hydrogens (tertiary/aromatic N) is 1. The second-order valence-electron chi connectivity index (χ2n) is 3.93.